The zero-order valence-electron chi connectivity index (χ0n) is 14.7. The summed E-state index contributed by atoms with van der Waals surface area (Å²) in [6.07, 6.45) is 4.40. The van der Waals surface area contributed by atoms with Gasteiger partial charge in [0.1, 0.15) is 5.75 Å². The molecule has 5 atom stereocenters. The first-order valence-electron chi connectivity index (χ1n) is 9.04. The number of hydrogen-bond donors (Lipinski definition) is 2. The van der Waals surface area contributed by atoms with Gasteiger partial charge in [0.05, 0.1) is 5.60 Å². The Bertz CT molecular complexity index is 635. The first kappa shape index (κ1) is 15.5. The summed E-state index contributed by atoms with van der Waals surface area (Å²) in [5, 5.41) is 20.7. The van der Waals surface area contributed by atoms with E-state index in [2.05, 4.69) is 24.9 Å². The van der Waals surface area contributed by atoms with Crippen LogP contribution in [0.5, 0.6) is 5.75 Å². The molecule has 0 aromatic heterocycles. The second-order valence-electron chi connectivity index (χ2n) is 8.66. The molecule has 5 rings (SSSR count). The SMILES string of the molecule is CC[C@]12CC3C(C(C)(C)O)CC1C(Cc1ccc(O)cc12)N3C. The van der Waals surface area contributed by atoms with Crippen molar-refractivity contribution in [3.8, 4) is 5.75 Å². The van der Waals surface area contributed by atoms with Gasteiger partial charge in [0.2, 0.25) is 0 Å². The molecule has 1 saturated carbocycles. The lowest BCUT2D eigenvalue weighted by molar-refractivity contribution is -0.148. The van der Waals surface area contributed by atoms with Gasteiger partial charge >= 0.3 is 0 Å². The third kappa shape index (κ3) is 1.96. The van der Waals surface area contributed by atoms with Gasteiger partial charge in [0.25, 0.3) is 0 Å². The Balaban J connectivity index is 1.85. The van der Waals surface area contributed by atoms with E-state index in [-0.39, 0.29) is 5.41 Å². The van der Waals surface area contributed by atoms with Gasteiger partial charge < -0.3 is 10.2 Å². The van der Waals surface area contributed by atoms with E-state index in [0.29, 0.717) is 29.7 Å². The zero-order chi connectivity index (χ0) is 16.6. The Kier molecular flexibility index (Phi) is 3.18. The Morgan fingerprint density at radius 3 is 2.70 bits per heavy atom. The molecule has 4 unspecified atom stereocenters. The number of likely N-dealkylation sites (N-methyl/N-ethyl adjacent to an activating group) is 1. The van der Waals surface area contributed by atoms with E-state index in [4.69, 9.17) is 0 Å². The molecule has 3 heteroatoms. The number of aliphatic hydroxyl groups is 1. The first-order valence-corrected chi connectivity index (χ1v) is 9.04. The molecule has 0 amide bonds. The van der Waals surface area contributed by atoms with E-state index >= 15 is 0 Å². The molecule has 126 valence electrons. The van der Waals surface area contributed by atoms with Crippen molar-refractivity contribution in [1.82, 2.24) is 4.90 Å². The van der Waals surface area contributed by atoms with E-state index in [1.807, 2.05) is 26.0 Å². The number of phenolic OH excluding ortho intramolecular Hbond substituents is 1. The van der Waals surface area contributed by atoms with Crippen LogP contribution < -0.4 is 0 Å². The summed E-state index contributed by atoms with van der Waals surface area (Å²) in [6.45, 7) is 6.25. The first-order chi connectivity index (χ1) is 10.8. The van der Waals surface area contributed by atoms with Crippen LogP contribution in [0.4, 0.5) is 0 Å². The highest BCUT2D eigenvalue weighted by molar-refractivity contribution is 5.46. The number of benzene rings is 1. The van der Waals surface area contributed by atoms with Crippen molar-refractivity contribution in [3.05, 3.63) is 29.3 Å². The highest BCUT2D eigenvalue weighted by Crippen LogP contribution is 2.60. The topological polar surface area (TPSA) is 43.7 Å². The van der Waals surface area contributed by atoms with Crippen LogP contribution in [-0.2, 0) is 11.8 Å². The number of fused-ring (bicyclic) bond motifs is 2. The van der Waals surface area contributed by atoms with Crippen LogP contribution in [0.3, 0.4) is 0 Å². The average Bonchev–Trinajstić information content (AvgIpc) is 2.50. The van der Waals surface area contributed by atoms with Crippen molar-refractivity contribution in [3.63, 3.8) is 0 Å². The number of rotatable bonds is 2. The standard InChI is InChI=1S/C20H29NO2/c1-5-20-11-18-15(19(2,3)23)10-16(20)17(21(18)4)8-12-6-7-13(22)9-14(12)20/h6-7,9,15-18,22-23H,5,8,10-11H2,1-4H3/t15?,16?,17?,18?,20-/m1/s1. The lowest BCUT2D eigenvalue weighted by Crippen LogP contribution is -2.70. The molecule has 23 heavy (non-hydrogen) atoms. The highest BCUT2D eigenvalue weighted by atomic mass is 16.3. The van der Waals surface area contributed by atoms with Crippen molar-refractivity contribution in [2.75, 3.05) is 7.05 Å². The van der Waals surface area contributed by atoms with E-state index in [1.54, 1.807) is 0 Å². The zero-order valence-corrected chi connectivity index (χ0v) is 14.7. The summed E-state index contributed by atoms with van der Waals surface area (Å²) in [5.74, 6) is 1.31. The van der Waals surface area contributed by atoms with Crippen LogP contribution in [0.2, 0.25) is 0 Å². The van der Waals surface area contributed by atoms with Crippen molar-refractivity contribution >= 4 is 0 Å². The number of piperidine rings is 2. The smallest absolute Gasteiger partial charge is 0.115 e. The fourth-order valence-corrected chi connectivity index (χ4v) is 6.19. The Hall–Kier alpha value is -1.06. The van der Waals surface area contributed by atoms with Crippen LogP contribution in [0, 0.1) is 11.8 Å². The number of nitrogens with zero attached hydrogens (tertiary/aromatic N) is 1. The van der Waals surface area contributed by atoms with Crippen LogP contribution in [0.25, 0.3) is 0 Å². The summed E-state index contributed by atoms with van der Waals surface area (Å²) in [7, 11) is 2.26. The lowest BCUT2D eigenvalue weighted by atomic mass is 9.47. The molecule has 2 N–H and O–H groups in total. The third-order valence-electron chi connectivity index (χ3n) is 7.36. The summed E-state index contributed by atoms with van der Waals surface area (Å²) in [5.41, 5.74) is 2.35. The lowest BCUT2D eigenvalue weighted by Gasteiger charge is -2.66. The van der Waals surface area contributed by atoms with Crippen LogP contribution in [0.1, 0.15) is 51.2 Å². The average molecular weight is 315 g/mol. The molecule has 2 aliphatic heterocycles. The Morgan fingerprint density at radius 1 is 1.30 bits per heavy atom. The normalized spacial score (nSPS) is 39.3. The van der Waals surface area contributed by atoms with E-state index in [9.17, 15) is 10.2 Å². The minimum absolute atomic E-state index is 0.177. The second kappa shape index (κ2) is 4.73. The fourth-order valence-electron chi connectivity index (χ4n) is 6.19. The maximum atomic E-state index is 10.7. The van der Waals surface area contributed by atoms with Crippen molar-refractivity contribution < 1.29 is 10.2 Å². The van der Waals surface area contributed by atoms with Gasteiger partial charge in [-0.05, 0) is 75.8 Å². The van der Waals surface area contributed by atoms with E-state index in [1.165, 1.54) is 11.1 Å². The molecule has 2 saturated heterocycles. The molecular weight excluding hydrogens is 286 g/mol. The fraction of sp³-hybridized carbons (Fsp3) is 0.700. The van der Waals surface area contributed by atoms with Crippen LogP contribution in [0.15, 0.2) is 18.2 Å². The van der Waals surface area contributed by atoms with Gasteiger partial charge in [-0.25, -0.2) is 0 Å². The summed E-state index contributed by atoms with van der Waals surface area (Å²) in [6, 6.07) is 6.99. The summed E-state index contributed by atoms with van der Waals surface area (Å²) < 4.78 is 0. The minimum Gasteiger partial charge on any atom is -0.508 e. The molecular formula is C20H29NO2. The van der Waals surface area contributed by atoms with Gasteiger partial charge in [-0.15, -0.1) is 0 Å². The molecule has 2 heterocycles. The van der Waals surface area contributed by atoms with Crippen LogP contribution in [-0.4, -0.2) is 39.8 Å². The maximum Gasteiger partial charge on any atom is 0.115 e. The minimum atomic E-state index is -0.622. The highest BCUT2D eigenvalue weighted by Gasteiger charge is 2.61. The Morgan fingerprint density at radius 2 is 2.04 bits per heavy atom. The number of phenols is 1. The molecule has 0 spiro atoms. The molecule has 1 aromatic carbocycles. The summed E-state index contributed by atoms with van der Waals surface area (Å²) in [4.78, 5) is 2.56. The predicted molar refractivity (Wildman–Crippen MR) is 91.6 cm³/mol. The van der Waals surface area contributed by atoms with Crippen LogP contribution >= 0.6 is 0 Å². The van der Waals surface area contributed by atoms with Gasteiger partial charge in [-0.3, -0.25) is 4.90 Å². The van der Waals surface area contributed by atoms with Crippen molar-refractivity contribution in [1.29, 1.82) is 0 Å². The molecule has 3 nitrogen and oxygen atoms in total. The third-order valence-corrected chi connectivity index (χ3v) is 7.36. The predicted octanol–water partition coefficient (Wildman–Crippen LogP) is 3.08. The number of hydrogen-bond acceptors (Lipinski definition) is 3. The monoisotopic (exact) mass is 315 g/mol. The van der Waals surface area contributed by atoms with Gasteiger partial charge in [0, 0.05) is 23.4 Å². The molecule has 1 aromatic rings. The van der Waals surface area contributed by atoms with Gasteiger partial charge in [-0.2, -0.15) is 0 Å². The molecule has 0 radical (unpaired) electrons. The molecule has 4 bridgehead atoms. The molecule has 3 fully saturated rings. The van der Waals surface area contributed by atoms with Crippen molar-refractivity contribution in [2.45, 2.75) is 69.6 Å². The van der Waals surface area contributed by atoms with E-state index in [0.717, 1.165) is 25.7 Å². The van der Waals surface area contributed by atoms with Crippen molar-refractivity contribution in [2.24, 2.45) is 11.8 Å². The van der Waals surface area contributed by atoms with Gasteiger partial charge in [0.15, 0.2) is 0 Å². The quantitative estimate of drug-likeness (QED) is 0.881. The Labute approximate surface area is 139 Å². The van der Waals surface area contributed by atoms with E-state index < -0.39 is 5.60 Å². The largest absolute Gasteiger partial charge is 0.508 e. The molecule has 4 aliphatic rings. The maximum absolute atomic E-state index is 10.7. The second-order valence-corrected chi connectivity index (χ2v) is 8.66. The van der Waals surface area contributed by atoms with Gasteiger partial charge in [-0.1, -0.05) is 13.0 Å². The number of aromatic hydroxyl groups is 1. The molecule has 2 aliphatic carbocycles. The summed E-state index contributed by atoms with van der Waals surface area (Å²) >= 11 is 0.